The number of hydrogen-bond acceptors (Lipinski definition) is 6. The van der Waals surface area contributed by atoms with Crippen LogP contribution in [0.5, 0.6) is 0 Å². The standard InChI is InChI=1S/C14H10N6O2.Na/c1-8-5-9(10-3-2-4-11-15-6-17-20(10)11)18-13-12(14(21)22)16-7-19(8)13;/h2-7H,1H3,(H,21,22);/q;+1/p-1. The van der Waals surface area contributed by atoms with Gasteiger partial charge in [-0.2, -0.15) is 5.10 Å². The van der Waals surface area contributed by atoms with E-state index in [0.29, 0.717) is 17.0 Å². The minimum Gasteiger partial charge on any atom is -0.543 e. The first kappa shape index (κ1) is 15.6. The van der Waals surface area contributed by atoms with E-state index in [-0.39, 0.29) is 40.9 Å². The van der Waals surface area contributed by atoms with Crippen LogP contribution in [0.3, 0.4) is 0 Å². The molecular formula is C14H9N6NaO2. The van der Waals surface area contributed by atoms with Crippen LogP contribution in [0.4, 0.5) is 0 Å². The third kappa shape index (κ3) is 2.40. The molecule has 0 amide bonds. The Labute approximate surface area is 152 Å². The number of pyridine rings is 1. The van der Waals surface area contributed by atoms with E-state index in [4.69, 9.17) is 0 Å². The molecule has 0 aliphatic heterocycles. The average molecular weight is 316 g/mol. The van der Waals surface area contributed by atoms with Crippen molar-refractivity contribution in [2.75, 3.05) is 0 Å². The van der Waals surface area contributed by atoms with Gasteiger partial charge >= 0.3 is 29.6 Å². The fraction of sp³-hybridized carbons (Fsp3) is 0.0714. The van der Waals surface area contributed by atoms with Crippen LogP contribution in [0.15, 0.2) is 36.9 Å². The van der Waals surface area contributed by atoms with Crippen molar-refractivity contribution < 1.29 is 39.5 Å². The fourth-order valence-corrected chi connectivity index (χ4v) is 2.44. The fourth-order valence-electron chi connectivity index (χ4n) is 2.44. The summed E-state index contributed by atoms with van der Waals surface area (Å²) in [5.74, 6) is -1.36. The summed E-state index contributed by atoms with van der Waals surface area (Å²) >= 11 is 0. The molecule has 0 bridgehead atoms. The molecule has 4 aromatic heterocycles. The number of fused-ring (bicyclic) bond motifs is 2. The number of nitrogens with zero attached hydrogens (tertiary/aromatic N) is 6. The van der Waals surface area contributed by atoms with E-state index in [0.717, 1.165) is 5.69 Å². The van der Waals surface area contributed by atoms with Gasteiger partial charge in [-0.1, -0.05) is 6.07 Å². The van der Waals surface area contributed by atoms with E-state index in [1.807, 2.05) is 31.2 Å². The summed E-state index contributed by atoms with van der Waals surface area (Å²) in [6.45, 7) is 1.85. The van der Waals surface area contributed by atoms with Crippen LogP contribution in [-0.4, -0.2) is 34.9 Å². The zero-order valence-electron chi connectivity index (χ0n) is 12.5. The molecule has 0 radical (unpaired) electrons. The molecule has 0 aliphatic carbocycles. The number of aryl methyl sites for hydroxylation is 1. The number of aromatic carboxylic acids is 1. The number of imidazole rings is 1. The van der Waals surface area contributed by atoms with Crippen LogP contribution in [-0.2, 0) is 0 Å². The van der Waals surface area contributed by atoms with Gasteiger partial charge < -0.3 is 9.90 Å². The Balaban J connectivity index is 0.00000156. The third-order valence-electron chi connectivity index (χ3n) is 3.45. The van der Waals surface area contributed by atoms with Crippen LogP contribution in [0.25, 0.3) is 22.7 Å². The summed E-state index contributed by atoms with van der Waals surface area (Å²) in [6.07, 6.45) is 2.87. The molecule has 0 saturated heterocycles. The van der Waals surface area contributed by atoms with Gasteiger partial charge in [-0.25, -0.2) is 19.5 Å². The summed E-state index contributed by atoms with van der Waals surface area (Å²) in [4.78, 5) is 23.5. The first-order chi connectivity index (χ1) is 10.6. The molecule has 0 fully saturated rings. The Morgan fingerprint density at radius 3 is 2.87 bits per heavy atom. The largest absolute Gasteiger partial charge is 1.00 e. The Bertz CT molecular complexity index is 1040. The second-order valence-corrected chi connectivity index (χ2v) is 4.80. The smallest absolute Gasteiger partial charge is 0.543 e. The van der Waals surface area contributed by atoms with Crippen molar-refractivity contribution >= 4 is 17.3 Å². The van der Waals surface area contributed by atoms with Gasteiger partial charge in [-0.3, -0.25) is 4.40 Å². The van der Waals surface area contributed by atoms with E-state index >= 15 is 0 Å². The SMILES string of the molecule is Cc1cc(-c2cccc3ncnn23)nc2c(C(=O)[O-])ncn12.[Na+]. The van der Waals surface area contributed by atoms with Gasteiger partial charge in [0.15, 0.2) is 11.3 Å². The van der Waals surface area contributed by atoms with Crippen LogP contribution < -0.4 is 34.7 Å². The maximum atomic E-state index is 11.2. The minimum atomic E-state index is -1.36. The van der Waals surface area contributed by atoms with Crippen LogP contribution in [0.1, 0.15) is 16.2 Å². The third-order valence-corrected chi connectivity index (χ3v) is 3.45. The quantitative estimate of drug-likeness (QED) is 0.368. The number of rotatable bonds is 2. The molecule has 0 aromatic carbocycles. The number of hydrogen-bond donors (Lipinski definition) is 0. The van der Waals surface area contributed by atoms with Crippen molar-refractivity contribution in [3.05, 3.63) is 48.3 Å². The van der Waals surface area contributed by atoms with Crippen LogP contribution in [0, 0.1) is 6.92 Å². The monoisotopic (exact) mass is 316 g/mol. The maximum absolute atomic E-state index is 11.2. The molecule has 4 heterocycles. The summed E-state index contributed by atoms with van der Waals surface area (Å²) in [5.41, 5.74) is 2.85. The van der Waals surface area contributed by atoms with Crippen LogP contribution >= 0.6 is 0 Å². The number of carbonyl (C=O) groups excluding carboxylic acids is 1. The Morgan fingerprint density at radius 2 is 2.09 bits per heavy atom. The number of aromatic nitrogens is 6. The minimum absolute atomic E-state index is 0. The van der Waals surface area contributed by atoms with Gasteiger partial charge in [0.1, 0.15) is 18.3 Å². The zero-order valence-corrected chi connectivity index (χ0v) is 14.5. The molecule has 0 aliphatic rings. The van der Waals surface area contributed by atoms with Crippen molar-refractivity contribution in [2.24, 2.45) is 0 Å². The molecule has 0 saturated carbocycles. The molecule has 0 N–H and O–H groups in total. The van der Waals surface area contributed by atoms with E-state index in [9.17, 15) is 9.90 Å². The normalized spacial score (nSPS) is 10.8. The molecule has 0 atom stereocenters. The van der Waals surface area contributed by atoms with Gasteiger partial charge in [-0.15, -0.1) is 0 Å². The Morgan fingerprint density at radius 1 is 1.26 bits per heavy atom. The first-order valence-electron chi connectivity index (χ1n) is 6.50. The van der Waals surface area contributed by atoms with E-state index in [2.05, 4.69) is 20.1 Å². The second-order valence-electron chi connectivity index (χ2n) is 4.80. The number of carboxylic acid groups (broad SMARTS) is 1. The van der Waals surface area contributed by atoms with Gasteiger partial charge in [0, 0.05) is 5.69 Å². The molecule has 8 nitrogen and oxygen atoms in total. The molecule has 0 spiro atoms. The van der Waals surface area contributed by atoms with E-state index < -0.39 is 5.97 Å². The predicted molar refractivity (Wildman–Crippen MR) is 74.0 cm³/mol. The maximum Gasteiger partial charge on any atom is 1.00 e. The zero-order chi connectivity index (χ0) is 15.3. The number of carboxylic acids is 1. The van der Waals surface area contributed by atoms with Gasteiger partial charge in [0.05, 0.1) is 17.4 Å². The summed E-state index contributed by atoms with van der Waals surface area (Å²) < 4.78 is 3.25. The van der Waals surface area contributed by atoms with Gasteiger partial charge in [0.2, 0.25) is 0 Å². The molecule has 9 heteroatoms. The summed E-state index contributed by atoms with van der Waals surface area (Å²) in [6, 6.07) is 7.35. The van der Waals surface area contributed by atoms with Crippen LogP contribution in [0.2, 0.25) is 0 Å². The molecule has 23 heavy (non-hydrogen) atoms. The van der Waals surface area contributed by atoms with Crippen molar-refractivity contribution in [1.82, 2.24) is 29.0 Å². The van der Waals surface area contributed by atoms with Gasteiger partial charge in [0.25, 0.3) is 0 Å². The second kappa shape index (κ2) is 5.73. The van der Waals surface area contributed by atoms with E-state index in [1.54, 1.807) is 8.92 Å². The van der Waals surface area contributed by atoms with Crippen molar-refractivity contribution in [3.63, 3.8) is 0 Å². The van der Waals surface area contributed by atoms with Gasteiger partial charge in [-0.05, 0) is 25.1 Å². The van der Waals surface area contributed by atoms with Crippen molar-refractivity contribution in [2.45, 2.75) is 6.92 Å². The molecule has 4 aromatic rings. The summed E-state index contributed by atoms with van der Waals surface area (Å²) in [5, 5.41) is 15.3. The number of carbonyl (C=O) groups is 1. The van der Waals surface area contributed by atoms with Crippen molar-refractivity contribution in [3.8, 4) is 11.4 Å². The Hall–Kier alpha value is -2.29. The molecular weight excluding hydrogens is 307 g/mol. The molecule has 4 rings (SSSR count). The average Bonchev–Trinajstić information content (AvgIpc) is 3.13. The molecule has 0 unspecified atom stereocenters. The van der Waals surface area contributed by atoms with E-state index in [1.165, 1.54) is 12.7 Å². The predicted octanol–water partition coefficient (Wildman–Crippen LogP) is -2.89. The first-order valence-corrected chi connectivity index (χ1v) is 6.50. The Kier molecular flexibility index (Phi) is 3.88. The summed E-state index contributed by atoms with van der Waals surface area (Å²) in [7, 11) is 0. The van der Waals surface area contributed by atoms with Crippen molar-refractivity contribution in [1.29, 1.82) is 0 Å². The topological polar surface area (TPSA) is 101 Å². The molecule has 108 valence electrons.